The SMILES string of the molecule is C=C(C)[C@@H]1CC[C@]2(CC(=O)NCc3cccc(F)c3F)CC[C@]3(C)[C@H](CC[C@@H]4[C@@]5(C)CC[C@H](OC(=O)CC(C)(C)C(=O)O)C(C)(C)[C@@H]5CC[C@]43C)[C@@H]12. The van der Waals surface area contributed by atoms with Gasteiger partial charge in [-0.05, 0) is 142 Å². The molecule has 0 aliphatic heterocycles. The predicted molar refractivity (Wildman–Crippen MR) is 198 cm³/mol. The highest BCUT2D eigenvalue weighted by Crippen LogP contribution is 2.78. The number of amides is 1. The van der Waals surface area contributed by atoms with Crippen LogP contribution >= 0.6 is 0 Å². The fraction of sp³-hybridized carbons (Fsp3) is 0.750. The summed E-state index contributed by atoms with van der Waals surface area (Å²) in [7, 11) is 0. The Kier molecular flexibility index (Phi) is 9.90. The average molecular weight is 724 g/mol. The molecule has 288 valence electrons. The van der Waals surface area contributed by atoms with E-state index in [9.17, 15) is 28.3 Å². The summed E-state index contributed by atoms with van der Waals surface area (Å²) < 4.78 is 34.4. The van der Waals surface area contributed by atoms with Crippen molar-refractivity contribution in [2.45, 2.75) is 145 Å². The maximum Gasteiger partial charge on any atom is 0.309 e. The number of hydrogen-bond donors (Lipinski definition) is 2. The maximum atomic E-state index is 14.4. The molecule has 5 fully saturated rings. The van der Waals surface area contributed by atoms with Crippen LogP contribution in [0.25, 0.3) is 0 Å². The summed E-state index contributed by atoms with van der Waals surface area (Å²) in [5, 5.41) is 12.5. The molecule has 0 spiro atoms. The van der Waals surface area contributed by atoms with Crippen LogP contribution in [0.5, 0.6) is 0 Å². The van der Waals surface area contributed by atoms with E-state index in [1.165, 1.54) is 17.7 Å². The Morgan fingerprint density at radius 2 is 1.63 bits per heavy atom. The van der Waals surface area contributed by atoms with E-state index in [0.29, 0.717) is 36.0 Å². The number of benzene rings is 1. The summed E-state index contributed by atoms with van der Waals surface area (Å²) in [4.78, 5) is 38.5. The largest absolute Gasteiger partial charge is 0.481 e. The molecule has 1 aromatic carbocycles. The Morgan fingerprint density at radius 3 is 2.31 bits per heavy atom. The molecule has 6 rings (SSSR count). The van der Waals surface area contributed by atoms with Crippen LogP contribution in [-0.4, -0.2) is 29.1 Å². The van der Waals surface area contributed by atoms with Crippen LogP contribution in [0.4, 0.5) is 8.78 Å². The number of carboxylic acids is 1. The number of carbonyl (C=O) groups is 3. The maximum absolute atomic E-state index is 14.4. The Balaban J connectivity index is 1.22. The first-order valence-electron chi connectivity index (χ1n) is 19.9. The minimum absolute atomic E-state index is 0.0234. The highest BCUT2D eigenvalue weighted by Gasteiger charge is 2.71. The van der Waals surface area contributed by atoms with E-state index in [-0.39, 0.29) is 57.6 Å². The number of esters is 1. The van der Waals surface area contributed by atoms with Crippen molar-refractivity contribution in [2.75, 3.05) is 0 Å². The standard InChI is InChI=1S/C44H63F2NO5/c1-26(2)28-15-20-44(23-34(48)47-25-27-11-10-12-30(45)37(27)46)22-21-42(8)29(36(28)44)13-14-32-41(7)18-17-33(52-35(49)24-39(3,4)38(50)51)40(5,6)31(41)16-19-43(32,42)9/h10-12,28-29,31-33,36H,1,13-25H2,2-9H3,(H,47,48)(H,50,51)/t28-,29+,31-,32+,33-,36+,41-,42+,43+,44+/m0/s1. The van der Waals surface area contributed by atoms with Gasteiger partial charge in [-0.2, -0.15) is 0 Å². The van der Waals surface area contributed by atoms with Crippen molar-refractivity contribution in [2.24, 2.45) is 62.1 Å². The number of hydrogen-bond acceptors (Lipinski definition) is 4. The van der Waals surface area contributed by atoms with E-state index in [2.05, 4.69) is 53.4 Å². The van der Waals surface area contributed by atoms with Crippen molar-refractivity contribution in [3.05, 3.63) is 47.5 Å². The van der Waals surface area contributed by atoms with Crippen molar-refractivity contribution < 1.29 is 33.0 Å². The number of allylic oxidation sites excluding steroid dienone is 1. The van der Waals surface area contributed by atoms with Gasteiger partial charge < -0.3 is 15.2 Å². The summed E-state index contributed by atoms with van der Waals surface area (Å²) in [5.74, 6) is -1.24. The molecular formula is C44H63F2NO5. The highest BCUT2D eigenvalue weighted by atomic mass is 19.2. The smallest absolute Gasteiger partial charge is 0.309 e. The summed E-state index contributed by atoms with van der Waals surface area (Å²) in [6.07, 6.45) is 10.3. The summed E-state index contributed by atoms with van der Waals surface area (Å²) in [5.41, 5.74) is 0.108. The van der Waals surface area contributed by atoms with Crippen molar-refractivity contribution in [3.8, 4) is 0 Å². The third kappa shape index (κ3) is 6.04. The lowest BCUT2D eigenvalue weighted by molar-refractivity contribution is -0.250. The van der Waals surface area contributed by atoms with Crippen molar-refractivity contribution in [1.82, 2.24) is 5.32 Å². The van der Waals surface area contributed by atoms with Gasteiger partial charge in [0, 0.05) is 23.9 Å². The van der Waals surface area contributed by atoms with Crippen molar-refractivity contribution >= 4 is 17.8 Å². The number of aliphatic carboxylic acids is 1. The molecule has 6 nitrogen and oxygen atoms in total. The molecule has 0 heterocycles. The number of fused-ring (bicyclic) bond motifs is 7. The molecule has 52 heavy (non-hydrogen) atoms. The molecule has 5 aliphatic carbocycles. The minimum Gasteiger partial charge on any atom is -0.481 e. The molecule has 5 saturated carbocycles. The van der Waals surface area contributed by atoms with Gasteiger partial charge in [-0.1, -0.05) is 58.9 Å². The molecule has 2 N–H and O–H groups in total. The Morgan fingerprint density at radius 1 is 0.923 bits per heavy atom. The van der Waals surface area contributed by atoms with Crippen LogP contribution in [0.2, 0.25) is 0 Å². The molecule has 0 bridgehead atoms. The third-order valence-electron chi connectivity index (χ3n) is 16.6. The second-order valence-corrected chi connectivity index (χ2v) is 19.9. The van der Waals surface area contributed by atoms with Gasteiger partial charge in [0.05, 0.1) is 11.8 Å². The molecule has 0 radical (unpaired) electrons. The zero-order valence-corrected chi connectivity index (χ0v) is 32.9. The van der Waals surface area contributed by atoms with Crippen LogP contribution in [0.15, 0.2) is 30.4 Å². The van der Waals surface area contributed by atoms with E-state index in [1.807, 2.05) is 0 Å². The number of carboxylic acid groups (broad SMARTS) is 1. The first-order chi connectivity index (χ1) is 24.1. The monoisotopic (exact) mass is 723 g/mol. The summed E-state index contributed by atoms with van der Waals surface area (Å²) in [6, 6.07) is 4.09. The Labute approximate surface area is 310 Å². The van der Waals surface area contributed by atoms with Gasteiger partial charge in [-0.3, -0.25) is 14.4 Å². The van der Waals surface area contributed by atoms with Crippen LogP contribution in [0, 0.1) is 73.7 Å². The quantitative estimate of drug-likeness (QED) is 0.196. The molecule has 0 unspecified atom stereocenters. The highest BCUT2D eigenvalue weighted by molar-refractivity contribution is 5.81. The van der Waals surface area contributed by atoms with Gasteiger partial charge in [0.1, 0.15) is 6.10 Å². The van der Waals surface area contributed by atoms with Gasteiger partial charge in [-0.25, -0.2) is 8.78 Å². The Hall–Kier alpha value is -2.77. The van der Waals surface area contributed by atoms with Gasteiger partial charge >= 0.3 is 11.9 Å². The third-order valence-corrected chi connectivity index (χ3v) is 16.6. The first kappa shape index (κ1) is 38.9. The summed E-state index contributed by atoms with van der Waals surface area (Å²) >= 11 is 0. The zero-order chi connectivity index (χ0) is 38.2. The molecule has 1 amide bonds. The number of nitrogens with one attached hydrogen (secondary N) is 1. The van der Waals surface area contributed by atoms with E-state index in [1.54, 1.807) is 13.8 Å². The van der Waals surface area contributed by atoms with Gasteiger partial charge in [0.2, 0.25) is 5.91 Å². The predicted octanol–water partition coefficient (Wildman–Crippen LogP) is 10.0. The lowest BCUT2D eigenvalue weighted by atomic mass is 9.32. The zero-order valence-electron chi connectivity index (χ0n) is 32.9. The number of halogens is 2. The normalized spacial score (nSPS) is 39.3. The van der Waals surface area contributed by atoms with Crippen LogP contribution in [-0.2, 0) is 25.7 Å². The second kappa shape index (κ2) is 13.2. The first-order valence-corrected chi connectivity index (χ1v) is 19.9. The van der Waals surface area contributed by atoms with Gasteiger partial charge in [0.15, 0.2) is 11.6 Å². The second-order valence-electron chi connectivity index (χ2n) is 19.9. The molecular weight excluding hydrogens is 660 g/mol. The van der Waals surface area contributed by atoms with Gasteiger partial charge in [-0.15, -0.1) is 0 Å². The lowest BCUT2D eigenvalue weighted by Crippen LogP contribution is -2.67. The van der Waals surface area contributed by atoms with Gasteiger partial charge in [0.25, 0.3) is 0 Å². The van der Waals surface area contributed by atoms with Crippen LogP contribution in [0.3, 0.4) is 0 Å². The van der Waals surface area contributed by atoms with Crippen molar-refractivity contribution in [3.63, 3.8) is 0 Å². The molecule has 1 aromatic rings. The Bertz CT molecular complexity index is 1620. The number of rotatable bonds is 9. The van der Waals surface area contributed by atoms with Crippen LogP contribution < -0.4 is 5.32 Å². The van der Waals surface area contributed by atoms with Crippen LogP contribution in [0.1, 0.15) is 138 Å². The molecule has 0 saturated heterocycles. The van der Waals surface area contributed by atoms with Crippen molar-refractivity contribution in [1.29, 1.82) is 0 Å². The van der Waals surface area contributed by atoms with E-state index in [0.717, 1.165) is 70.3 Å². The fourth-order valence-electron chi connectivity index (χ4n) is 13.7. The molecule has 10 atom stereocenters. The molecule has 5 aliphatic rings. The molecule has 8 heteroatoms. The number of carbonyl (C=O) groups excluding carboxylic acids is 2. The van der Waals surface area contributed by atoms with E-state index < -0.39 is 29.0 Å². The fourth-order valence-corrected chi connectivity index (χ4v) is 13.7. The summed E-state index contributed by atoms with van der Waals surface area (Å²) in [6.45, 7) is 22.0. The number of ether oxygens (including phenoxy) is 1. The topological polar surface area (TPSA) is 92.7 Å². The molecule has 0 aromatic heterocycles. The lowest BCUT2D eigenvalue weighted by Gasteiger charge is -2.73. The minimum atomic E-state index is -1.17. The van der Waals surface area contributed by atoms with E-state index >= 15 is 0 Å². The average Bonchev–Trinajstić information content (AvgIpc) is 3.42. The van der Waals surface area contributed by atoms with E-state index in [4.69, 9.17) is 4.74 Å².